The van der Waals surface area contributed by atoms with Gasteiger partial charge in [-0.1, -0.05) is 5.16 Å². The summed E-state index contributed by atoms with van der Waals surface area (Å²) in [6.07, 6.45) is -3.84. The number of H-pyrrole nitrogens is 1. The first-order chi connectivity index (χ1) is 15.4. The van der Waals surface area contributed by atoms with Crippen LogP contribution >= 0.6 is 0 Å². The topological polar surface area (TPSA) is 147 Å². The minimum absolute atomic E-state index is 0.0279. The van der Waals surface area contributed by atoms with E-state index in [1.54, 1.807) is 0 Å². The smallest absolute Gasteiger partial charge is 0.408 e. The second-order valence-corrected chi connectivity index (χ2v) is 8.47. The molecule has 4 aromatic rings. The molecule has 0 aliphatic heterocycles. The number of sulfonamides is 1. The Hall–Kier alpha value is -4.07. The highest BCUT2D eigenvalue weighted by Gasteiger charge is 2.35. The molecule has 172 valence electrons. The molecule has 0 radical (unpaired) electrons. The fourth-order valence-corrected chi connectivity index (χ4v) is 4.05. The van der Waals surface area contributed by atoms with E-state index in [4.69, 9.17) is 8.94 Å². The average molecular weight is 482 g/mol. The molecule has 0 bridgehead atoms. The van der Waals surface area contributed by atoms with Crippen LogP contribution in [0.25, 0.3) is 11.1 Å². The van der Waals surface area contributed by atoms with E-state index >= 15 is 0 Å². The highest BCUT2D eigenvalue weighted by molar-refractivity contribution is 7.92. The number of benzene rings is 2. The summed E-state index contributed by atoms with van der Waals surface area (Å²) >= 11 is 0. The summed E-state index contributed by atoms with van der Waals surface area (Å²) in [5, 5.41) is 5.71. The van der Waals surface area contributed by atoms with Gasteiger partial charge in [0.05, 0.1) is 27.9 Å². The van der Waals surface area contributed by atoms with E-state index in [2.05, 4.69) is 15.5 Å². The molecule has 2 aromatic heterocycles. The van der Waals surface area contributed by atoms with Crippen molar-refractivity contribution < 1.29 is 35.3 Å². The van der Waals surface area contributed by atoms with Gasteiger partial charge in [-0.3, -0.25) is 14.5 Å². The third kappa shape index (κ3) is 4.45. The Morgan fingerprint density at radius 3 is 2.58 bits per heavy atom. The van der Waals surface area contributed by atoms with Gasteiger partial charge < -0.3 is 14.3 Å². The van der Waals surface area contributed by atoms with Crippen molar-refractivity contribution in [1.29, 1.82) is 0 Å². The Bertz CT molecular complexity index is 1530. The fourth-order valence-electron chi connectivity index (χ4n) is 2.96. The fraction of sp³-hybridized carbons (Fsp3) is 0.105. The normalized spacial score (nSPS) is 12.1. The molecule has 33 heavy (non-hydrogen) atoms. The molecule has 0 aliphatic carbocycles. The first kappa shape index (κ1) is 22.1. The van der Waals surface area contributed by atoms with E-state index in [0.717, 1.165) is 30.5 Å². The highest BCUT2D eigenvalue weighted by atomic mass is 32.2. The molecule has 0 spiro atoms. The first-order valence-electron chi connectivity index (χ1n) is 9.03. The Morgan fingerprint density at radius 2 is 1.91 bits per heavy atom. The first-order valence-corrected chi connectivity index (χ1v) is 10.5. The number of nitrogens with zero attached hydrogens (tertiary/aromatic N) is 1. The lowest BCUT2D eigenvalue weighted by atomic mass is 10.1. The van der Waals surface area contributed by atoms with Crippen molar-refractivity contribution in [2.75, 3.05) is 10.0 Å². The van der Waals surface area contributed by atoms with Crippen molar-refractivity contribution in [2.24, 2.45) is 0 Å². The van der Waals surface area contributed by atoms with Crippen LogP contribution in [0.2, 0.25) is 0 Å². The lowest BCUT2D eigenvalue weighted by Gasteiger charge is -2.16. The van der Waals surface area contributed by atoms with Crippen LogP contribution in [0.15, 0.2) is 61.2 Å². The quantitative estimate of drug-likeness (QED) is 0.394. The van der Waals surface area contributed by atoms with Crippen molar-refractivity contribution in [2.45, 2.75) is 18.0 Å². The van der Waals surface area contributed by atoms with E-state index in [0.29, 0.717) is 6.07 Å². The van der Waals surface area contributed by atoms with Gasteiger partial charge in [0.15, 0.2) is 5.58 Å². The number of aromatic amines is 1. The molecule has 3 N–H and O–H groups in total. The molecule has 0 atom stereocenters. The number of nitrogens with one attached hydrogen (secondary N) is 3. The molecule has 0 saturated heterocycles. The zero-order chi connectivity index (χ0) is 24.0. The van der Waals surface area contributed by atoms with Crippen LogP contribution in [0, 0.1) is 6.92 Å². The van der Waals surface area contributed by atoms with Gasteiger partial charge in [0, 0.05) is 11.8 Å². The van der Waals surface area contributed by atoms with Gasteiger partial charge >= 0.3 is 11.9 Å². The Labute approximate surface area is 182 Å². The van der Waals surface area contributed by atoms with E-state index in [9.17, 15) is 31.2 Å². The zero-order valence-electron chi connectivity index (χ0n) is 16.5. The summed E-state index contributed by atoms with van der Waals surface area (Å²) in [6, 6.07) is 5.89. The van der Waals surface area contributed by atoms with Crippen LogP contribution < -0.4 is 15.8 Å². The summed E-state index contributed by atoms with van der Waals surface area (Å²) < 4.78 is 77.8. The van der Waals surface area contributed by atoms with Gasteiger partial charge in [-0.05, 0) is 37.3 Å². The van der Waals surface area contributed by atoms with Crippen molar-refractivity contribution >= 4 is 38.4 Å². The molecule has 0 unspecified atom stereocenters. The van der Waals surface area contributed by atoms with Crippen LogP contribution in [-0.4, -0.2) is 24.5 Å². The van der Waals surface area contributed by atoms with Crippen molar-refractivity contribution in [3.05, 3.63) is 70.0 Å². The predicted molar refractivity (Wildman–Crippen MR) is 108 cm³/mol. The second kappa shape index (κ2) is 7.81. The van der Waals surface area contributed by atoms with E-state index in [-0.39, 0.29) is 28.1 Å². The standard InChI is InChI=1S/C19H13F3N4O6S/c1-9-12(8-23-32-9)17(27)24-10-2-4-14(13(6-10)19(20,21)22)26-33(29,30)11-3-5-15-16(7-11)31-18(28)25-15/h2-8,26H,1H3,(H,24,27)(H,25,28). The van der Waals surface area contributed by atoms with Gasteiger partial charge in [0.1, 0.15) is 11.3 Å². The van der Waals surface area contributed by atoms with Gasteiger partial charge in [0.2, 0.25) is 0 Å². The highest BCUT2D eigenvalue weighted by Crippen LogP contribution is 2.37. The lowest BCUT2D eigenvalue weighted by molar-refractivity contribution is -0.136. The summed E-state index contributed by atoms with van der Waals surface area (Å²) in [6.45, 7) is 1.46. The Morgan fingerprint density at radius 1 is 1.15 bits per heavy atom. The van der Waals surface area contributed by atoms with Crippen LogP contribution in [0.5, 0.6) is 0 Å². The molecule has 0 fully saturated rings. The van der Waals surface area contributed by atoms with Crippen LogP contribution in [0.3, 0.4) is 0 Å². The molecule has 10 nitrogen and oxygen atoms in total. The van der Waals surface area contributed by atoms with Gasteiger partial charge in [-0.25, -0.2) is 13.2 Å². The second-order valence-electron chi connectivity index (χ2n) is 6.79. The number of anilines is 2. The van der Waals surface area contributed by atoms with Crippen LogP contribution in [0.4, 0.5) is 24.5 Å². The van der Waals surface area contributed by atoms with Crippen molar-refractivity contribution in [3.63, 3.8) is 0 Å². The number of oxazole rings is 1. The number of hydrogen-bond acceptors (Lipinski definition) is 7. The van der Waals surface area contributed by atoms with Crippen molar-refractivity contribution in [1.82, 2.24) is 10.1 Å². The number of rotatable bonds is 5. The van der Waals surface area contributed by atoms with E-state index in [1.165, 1.54) is 13.0 Å². The van der Waals surface area contributed by atoms with Crippen molar-refractivity contribution in [3.8, 4) is 0 Å². The monoisotopic (exact) mass is 482 g/mol. The average Bonchev–Trinajstić information content (AvgIpc) is 3.31. The minimum atomic E-state index is -4.96. The predicted octanol–water partition coefficient (Wildman–Crippen LogP) is 3.49. The number of aromatic nitrogens is 2. The number of carbonyl (C=O) groups is 1. The SMILES string of the molecule is Cc1oncc1C(=O)Nc1ccc(NS(=O)(=O)c2ccc3[nH]c(=O)oc3c2)c(C(F)(F)F)c1. The number of hydrogen-bond donors (Lipinski definition) is 3. The molecule has 0 saturated carbocycles. The number of halogens is 3. The molecule has 2 heterocycles. The molecular weight excluding hydrogens is 469 g/mol. The molecule has 4 rings (SSSR count). The summed E-state index contributed by atoms with van der Waals surface area (Å²) in [5.74, 6) is -1.40. The molecule has 0 aliphatic rings. The summed E-state index contributed by atoms with van der Waals surface area (Å²) in [5.41, 5.74) is -2.16. The van der Waals surface area contributed by atoms with Gasteiger partial charge in [-0.15, -0.1) is 0 Å². The summed E-state index contributed by atoms with van der Waals surface area (Å²) in [7, 11) is -4.49. The molecule has 1 amide bonds. The minimum Gasteiger partial charge on any atom is -0.408 e. The number of alkyl halides is 3. The van der Waals surface area contributed by atoms with Crippen LogP contribution in [-0.2, 0) is 16.2 Å². The number of fused-ring (bicyclic) bond motifs is 1. The van der Waals surface area contributed by atoms with E-state index in [1.807, 2.05) is 4.72 Å². The van der Waals surface area contributed by atoms with Gasteiger partial charge in [0.25, 0.3) is 15.9 Å². The third-order valence-electron chi connectivity index (χ3n) is 4.53. The summed E-state index contributed by atoms with van der Waals surface area (Å²) in [4.78, 5) is 25.4. The zero-order valence-corrected chi connectivity index (χ0v) is 17.3. The lowest BCUT2D eigenvalue weighted by Crippen LogP contribution is -2.18. The Balaban J connectivity index is 1.66. The third-order valence-corrected chi connectivity index (χ3v) is 5.89. The number of aryl methyl sites for hydroxylation is 1. The molecular formula is C19H13F3N4O6S. The number of amides is 1. The molecule has 14 heteroatoms. The Kier molecular flexibility index (Phi) is 5.24. The molecule has 2 aromatic carbocycles. The van der Waals surface area contributed by atoms with Crippen LogP contribution in [0.1, 0.15) is 21.7 Å². The van der Waals surface area contributed by atoms with Gasteiger partial charge in [-0.2, -0.15) is 13.2 Å². The largest absolute Gasteiger partial charge is 0.418 e. The number of carbonyl (C=O) groups excluding carboxylic acids is 1. The maximum atomic E-state index is 13.7. The maximum absolute atomic E-state index is 13.7. The van der Waals surface area contributed by atoms with E-state index < -0.39 is 44.0 Å². The maximum Gasteiger partial charge on any atom is 0.418 e.